The number of piperidine rings is 1. The first-order chi connectivity index (χ1) is 14.3. The molecular weight excluding hydrogens is 391 g/mol. The molecule has 0 radical (unpaired) electrons. The summed E-state index contributed by atoms with van der Waals surface area (Å²) in [4.78, 5) is 2.63. The van der Waals surface area contributed by atoms with Gasteiger partial charge in [-0.25, -0.2) is 0 Å². The lowest BCUT2D eigenvalue weighted by Crippen LogP contribution is -2.43. The fourth-order valence-electron chi connectivity index (χ4n) is 4.22. The van der Waals surface area contributed by atoms with E-state index in [4.69, 9.17) is 4.74 Å². The number of hydrogen-bond acceptors (Lipinski definition) is 3. The molecule has 4 rings (SSSR count). The summed E-state index contributed by atoms with van der Waals surface area (Å²) in [6.07, 6.45) is 4.21. The average molecular weight is 419 g/mol. The molecule has 162 valence electrons. The van der Waals surface area contributed by atoms with Gasteiger partial charge in [-0.05, 0) is 49.3 Å². The van der Waals surface area contributed by atoms with E-state index in [1.165, 1.54) is 37.4 Å². The van der Waals surface area contributed by atoms with Crippen LogP contribution in [0.25, 0.3) is 6.08 Å². The van der Waals surface area contributed by atoms with E-state index in [0.29, 0.717) is 0 Å². The topological polar surface area (TPSA) is 30.3 Å². The second kappa shape index (κ2) is 8.46. The van der Waals surface area contributed by atoms with Crippen LogP contribution in [0.5, 0.6) is 5.88 Å². The monoisotopic (exact) mass is 419 g/mol. The SMILES string of the molecule is Cc1cc(COc2cc(C(F)(F)F)n(C)n2)ccc1C=C1CCN(C2CCC2)CC1. The number of hydrogen-bond donors (Lipinski definition) is 0. The van der Waals surface area contributed by atoms with Crippen LogP contribution in [0.1, 0.15) is 54.5 Å². The number of aromatic nitrogens is 2. The van der Waals surface area contributed by atoms with Gasteiger partial charge in [0.15, 0.2) is 0 Å². The molecule has 2 aliphatic rings. The highest BCUT2D eigenvalue weighted by Crippen LogP contribution is 2.32. The van der Waals surface area contributed by atoms with Crippen molar-refractivity contribution in [2.45, 2.75) is 57.9 Å². The van der Waals surface area contributed by atoms with E-state index in [1.807, 2.05) is 12.1 Å². The van der Waals surface area contributed by atoms with E-state index in [2.05, 4.69) is 29.1 Å². The molecule has 30 heavy (non-hydrogen) atoms. The number of rotatable bonds is 5. The average Bonchev–Trinajstić information content (AvgIpc) is 3.03. The van der Waals surface area contributed by atoms with E-state index in [9.17, 15) is 13.2 Å². The Balaban J connectivity index is 1.35. The molecule has 1 aromatic heterocycles. The third-order valence-electron chi connectivity index (χ3n) is 6.26. The van der Waals surface area contributed by atoms with Gasteiger partial charge in [-0.3, -0.25) is 9.58 Å². The number of alkyl halides is 3. The van der Waals surface area contributed by atoms with Crippen LogP contribution in [0.3, 0.4) is 0 Å². The Morgan fingerprint density at radius 2 is 1.90 bits per heavy atom. The second-order valence-corrected chi connectivity index (χ2v) is 8.39. The number of likely N-dealkylation sites (tertiary alicyclic amines) is 1. The quantitative estimate of drug-likeness (QED) is 0.654. The zero-order valence-electron chi connectivity index (χ0n) is 17.5. The van der Waals surface area contributed by atoms with Crippen LogP contribution >= 0.6 is 0 Å². The molecule has 0 spiro atoms. The van der Waals surface area contributed by atoms with Crippen LogP contribution in [-0.4, -0.2) is 33.8 Å². The molecule has 2 heterocycles. The van der Waals surface area contributed by atoms with Gasteiger partial charge in [0.1, 0.15) is 12.3 Å². The molecule has 1 saturated heterocycles. The standard InChI is InChI=1S/C23H28F3N3O/c1-16-12-18(15-30-22-14-21(23(24,25)26)28(2)27-22)6-7-19(16)13-17-8-10-29(11-9-17)20-4-3-5-20/h6-7,12-14,20H,3-5,8-11,15H2,1-2H3. The van der Waals surface area contributed by atoms with Gasteiger partial charge in [-0.2, -0.15) is 13.2 Å². The zero-order chi connectivity index (χ0) is 21.3. The maximum atomic E-state index is 12.9. The van der Waals surface area contributed by atoms with E-state index in [0.717, 1.165) is 53.8 Å². The summed E-state index contributed by atoms with van der Waals surface area (Å²) in [6, 6.07) is 7.82. The van der Waals surface area contributed by atoms with Crippen molar-refractivity contribution in [3.8, 4) is 5.88 Å². The molecule has 0 atom stereocenters. The first kappa shape index (κ1) is 21.0. The van der Waals surface area contributed by atoms with Gasteiger partial charge in [0.05, 0.1) is 0 Å². The lowest BCUT2D eigenvalue weighted by atomic mass is 9.89. The minimum absolute atomic E-state index is 0.0214. The molecule has 7 heteroatoms. The van der Waals surface area contributed by atoms with Crippen molar-refractivity contribution in [2.24, 2.45) is 7.05 Å². The summed E-state index contributed by atoms with van der Waals surface area (Å²) >= 11 is 0. The van der Waals surface area contributed by atoms with Crippen molar-refractivity contribution >= 4 is 6.08 Å². The molecule has 0 unspecified atom stereocenters. The summed E-state index contributed by atoms with van der Waals surface area (Å²) in [7, 11) is 1.26. The zero-order valence-corrected chi connectivity index (χ0v) is 17.5. The van der Waals surface area contributed by atoms with Crippen LogP contribution in [-0.2, 0) is 19.8 Å². The maximum absolute atomic E-state index is 12.9. The second-order valence-electron chi connectivity index (χ2n) is 8.39. The van der Waals surface area contributed by atoms with Crippen molar-refractivity contribution in [1.29, 1.82) is 0 Å². The van der Waals surface area contributed by atoms with Crippen LogP contribution in [0.2, 0.25) is 0 Å². The molecule has 0 bridgehead atoms. The predicted octanol–water partition coefficient (Wildman–Crippen LogP) is 5.36. The lowest BCUT2D eigenvalue weighted by molar-refractivity contribution is -0.143. The molecule has 2 aromatic rings. The Labute approximate surface area is 175 Å². The van der Waals surface area contributed by atoms with Crippen LogP contribution in [0, 0.1) is 6.92 Å². The number of ether oxygens (including phenoxy) is 1. The third kappa shape index (κ3) is 4.72. The van der Waals surface area contributed by atoms with E-state index in [-0.39, 0.29) is 12.5 Å². The minimum atomic E-state index is -4.44. The van der Waals surface area contributed by atoms with Crippen LogP contribution < -0.4 is 4.74 Å². The normalized spacial score (nSPS) is 18.4. The van der Waals surface area contributed by atoms with Crippen molar-refractivity contribution in [1.82, 2.24) is 14.7 Å². The first-order valence-corrected chi connectivity index (χ1v) is 10.6. The van der Waals surface area contributed by atoms with Gasteiger partial charge in [-0.1, -0.05) is 36.3 Å². The number of benzene rings is 1. The summed E-state index contributed by atoms with van der Waals surface area (Å²) in [6.45, 7) is 4.56. The molecule has 1 saturated carbocycles. The summed E-state index contributed by atoms with van der Waals surface area (Å²) in [5.41, 5.74) is 3.92. The smallest absolute Gasteiger partial charge is 0.433 e. The van der Waals surface area contributed by atoms with Gasteiger partial charge in [-0.15, -0.1) is 5.10 Å². The van der Waals surface area contributed by atoms with Gasteiger partial charge in [0.25, 0.3) is 0 Å². The summed E-state index contributed by atoms with van der Waals surface area (Å²) < 4.78 is 44.9. The van der Waals surface area contributed by atoms with E-state index < -0.39 is 11.9 Å². The minimum Gasteiger partial charge on any atom is -0.472 e. The number of nitrogens with zero attached hydrogens (tertiary/aromatic N) is 3. The number of aryl methyl sites for hydroxylation is 2. The van der Waals surface area contributed by atoms with Crippen molar-refractivity contribution in [3.63, 3.8) is 0 Å². The molecule has 1 aliphatic carbocycles. The Bertz CT molecular complexity index is 918. The molecule has 4 nitrogen and oxygen atoms in total. The van der Waals surface area contributed by atoms with Crippen molar-refractivity contribution in [2.75, 3.05) is 13.1 Å². The summed E-state index contributed by atoms with van der Waals surface area (Å²) in [5, 5.41) is 3.80. The highest BCUT2D eigenvalue weighted by molar-refractivity contribution is 5.57. The Morgan fingerprint density at radius 1 is 1.17 bits per heavy atom. The fraction of sp³-hybridized carbons (Fsp3) is 0.522. The van der Waals surface area contributed by atoms with Crippen molar-refractivity contribution in [3.05, 3.63) is 52.2 Å². The molecule has 1 aromatic carbocycles. The van der Waals surface area contributed by atoms with Gasteiger partial charge in [0, 0.05) is 32.2 Å². The van der Waals surface area contributed by atoms with Crippen LogP contribution in [0.15, 0.2) is 29.8 Å². The maximum Gasteiger partial charge on any atom is 0.433 e. The van der Waals surface area contributed by atoms with E-state index in [1.54, 1.807) is 0 Å². The number of halogens is 3. The van der Waals surface area contributed by atoms with Crippen molar-refractivity contribution < 1.29 is 17.9 Å². The van der Waals surface area contributed by atoms with Gasteiger partial charge >= 0.3 is 6.18 Å². The van der Waals surface area contributed by atoms with Gasteiger partial charge in [0.2, 0.25) is 5.88 Å². The fourth-order valence-corrected chi connectivity index (χ4v) is 4.22. The third-order valence-corrected chi connectivity index (χ3v) is 6.26. The molecular formula is C23H28F3N3O. The largest absolute Gasteiger partial charge is 0.472 e. The highest BCUT2D eigenvalue weighted by atomic mass is 19.4. The highest BCUT2D eigenvalue weighted by Gasteiger charge is 2.35. The van der Waals surface area contributed by atoms with E-state index >= 15 is 0 Å². The van der Waals surface area contributed by atoms with Crippen LogP contribution in [0.4, 0.5) is 13.2 Å². The predicted molar refractivity (Wildman–Crippen MR) is 110 cm³/mol. The van der Waals surface area contributed by atoms with Gasteiger partial charge < -0.3 is 4.74 Å². The summed E-state index contributed by atoms with van der Waals surface area (Å²) in [5.74, 6) is -0.0214. The molecule has 2 fully saturated rings. The molecule has 0 N–H and O–H groups in total. The Morgan fingerprint density at radius 3 is 2.47 bits per heavy atom. The molecule has 1 aliphatic heterocycles. The Hall–Kier alpha value is -2.28. The molecule has 0 amide bonds. The lowest BCUT2D eigenvalue weighted by Gasteiger charge is -2.40. The Kier molecular flexibility index (Phi) is 5.91. The first-order valence-electron chi connectivity index (χ1n) is 10.6.